The van der Waals surface area contributed by atoms with Crippen molar-refractivity contribution in [2.75, 3.05) is 39.0 Å². The van der Waals surface area contributed by atoms with Gasteiger partial charge in [0.15, 0.2) is 0 Å². The van der Waals surface area contributed by atoms with Gasteiger partial charge in [-0.1, -0.05) is 30.3 Å². The molecule has 0 unspecified atom stereocenters. The quantitative estimate of drug-likeness (QED) is 0.731. The molecule has 1 aliphatic heterocycles. The van der Waals surface area contributed by atoms with Gasteiger partial charge in [0, 0.05) is 45.2 Å². The number of sulfonamides is 1. The number of rotatable bonds is 7. The molecular formula is C18H29N3O3S. The molecule has 2 rings (SSSR count). The Hall–Kier alpha value is -1.44. The van der Waals surface area contributed by atoms with Gasteiger partial charge >= 0.3 is 0 Å². The molecule has 0 spiro atoms. The summed E-state index contributed by atoms with van der Waals surface area (Å²) in [5.74, 6) is -0.232. The first kappa shape index (κ1) is 19.9. The van der Waals surface area contributed by atoms with Crippen LogP contribution in [0, 0.1) is 0 Å². The van der Waals surface area contributed by atoms with Crippen LogP contribution in [-0.2, 0) is 21.4 Å². The fraction of sp³-hybridized carbons (Fsp3) is 0.611. The summed E-state index contributed by atoms with van der Waals surface area (Å²) in [4.78, 5) is 16.5. The van der Waals surface area contributed by atoms with Gasteiger partial charge in [-0.05, 0) is 26.5 Å². The SMILES string of the molecule is CC(C)N(Cc1ccccc1)C(=O)CCS(=O)(=O)N1CCN(C)CC1. The molecule has 0 bridgehead atoms. The van der Waals surface area contributed by atoms with E-state index in [4.69, 9.17) is 0 Å². The van der Waals surface area contributed by atoms with Gasteiger partial charge in [-0.15, -0.1) is 0 Å². The van der Waals surface area contributed by atoms with E-state index in [1.165, 1.54) is 4.31 Å². The summed E-state index contributed by atoms with van der Waals surface area (Å²) in [5, 5.41) is 0. The van der Waals surface area contributed by atoms with Crippen LogP contribution in [0.3, 0.4) is 0 Å². The second-order valence-corrected chi connectivity index (χ2v) is 8.96. The van der Waals surface area contributed by atoms with Crippen molar-refractivity contribution in [1.82, 2.24) is 14.1 Å². The van der Waals surface area contributed by atoms with Gasteiger partial charge in [-0.2, -0.15) is 4.31 Å². The first-order chi connectivity index (χ1) is 11.8. The summed E-state index contributed by atoms with van der Waals surface area (Å²) in [6.45, 7) is 6.89. The minimum absolute atomic E-state index is 0.0269. The van der Waals surface area contributed by atoms with E-state index in [0.29, 0.717) is 19.6 Å². The van der Waals surface area contributed by atoms with E-state index < -0.39 is 10.0 Å². The Balaban J connectivity index is 1.94. The molecule has 6 nitrogen and oxygen atoms in total. The van der Waals surface area contributed by atoms with Crippen molar-refractivity contribution in [3.05, 3.63) is 35.9 Å². The van der Waals surface area contributed by atoms with Crippen LogP contribution in [0.25, 0.3) is 0 Å². The molecule has 1 aromatic rings. The monoisotopic (exact) mass is 367 g/mol. The highest BCUT2D eigenvalue weighted by Crippen LogP contribution is 2.13. The highest BCUT2D eigenvalue weighted by Gasteiger charge is 2.27. The van der Waals surface area contributed by atoms with Gasteiger partial charge in [-0.25, -0.2) is 8.42 Å². The van der Waals surface area contributed by atoms with Gasteiger partial charge in [-0.3, -0.25) is 4.79 Å². The lowest BCUT2D eigenvalue weighted by Crippen LogP contribution is -2.48. The number of amides is 1. The molecule has 1 amide bonds. The molecule has 0 radical (unpaired) electrons. The smallest absolute Gasteiger partial charge is 0.224 e. The molecule has 1 heterocycles. The van der Waals surface area contributed by atoms with Gasteiger partial charge in [0.25, 0.3) is 0 Å². The summed E-state index contributed by atoms with van der Waals surface area (Å²) >= 11 is 0. The van der Waals surface area contributed by atoms with Crippen LogP contribution in [0.4, 0.5) is 0 Å². The standard InChI is InChI=1S/C18H29N3O3S/c1-16(2)21(15-17-7-5-4-6-8-17)18(22)9-14-25(23,24)20-12-10-19(3)11-13-20/h4-8,16H,9-15H2,1-3H3. The van der Waals surface area contributed by atoms with E-state index in [0.717, 1.165) is 18.7 Å². The van der Waals surface area contributed by atoms with Crippen molar-refractivity contribution in [2.45, 2.75) is 32.9 Å². The van der Waals surface area contributed by atoms with Crippen LogP contribution in [0.2, 0.25) is 0 Å². The molecule has 1 fully saturated rings. The van der Waals surface area contributed by atoms with Crippen LogP contribution in [-0.4, -0.2) is 73.5 Å². The number of carbonyl (C=O) groups excluding carboxylic acids is 1. The van der Waals surface area contributed by atoms with Crippen molar-refractivity contribution >= 4 is 15.9 Å². The van der Waals surface area contributed by atoms with Crippen molar-refractivity contribution in [2.24, 2.45) is 0 Å². The molecule has 1 aromatic carbocycles. The number of piperazine rings is 1. The summed E-state index contributed by atoms with van der Waals surface area (Å²) in [6, 6.07) is 9.80. The third kappa shape index (κ3) is 5.80. The molecule has 0 saturated carbocycles. The molecule has 0 atom stereocenters. The van der Waals surface area contributed by atoms with E-state index in [1.54, 1.807) is 4.90 Å². The molecule has 0 aliphatic carbocycles. The van der Waals surface area contributed by atoms with Gasteiger partial charge < -0.3 is 9.80 Å². The Morgan fingerprint density at radius 2 is 1.72 bits per heavy atom. The zero-order chi connectivity index (χ0) is 18.4. The molecule has 0 N–H and O–H groups in total. The average Bonchev–Trinajstić information content (AvgIpc) is 2.59. The second kappa shape index (κ2) is 8.78. The molecule has 1 aliphatic rings. The first-order valence-electron chi connectivity index (χ1n) is 8.79. The minimum atomic E-state index is -3.37. The molecule has 7 heteroatoms. The van der Waals surface area contributed by atoms with Crippen LogP contribution in [0.5, 0.6) is 0 Å². The topological polar surface area (TPSA) is 60.9 Å². The predicted molar refractivity (Wildman–Crippen MR) is 99.6 cm³/mol. The highest BCUT2D eigenvalue weighted by atomic mass is 32.2. The van der Waals surface area contributed by atoms with Crippen molar-refractivity contribution in [1.29, 1.82) is 0 Å². The molecular weight excluding hydrogens is 338 g/mol. The van der Waals surface area contributed by atoms with Gasteiger partial charge in [0.2, 0.25) is 15.9 Å². The summed E-state index contributed by atoms with van der Waals surface area (Å²) in [7, 11) is -1.39. The number of carbonyl (C=O) groups is 1. The lowest BCUT2D eigenvalue weighted by molar-refractivity contribution is -0.133. The Morgan fingerprint density at radius 3 is 2.28 bits per heavy atom. The summed E-state index contributed by atoms with van der Waals surface area (Å²) in [5.41, 5.74) is 1.05. The van der Waals surface area contributed by atoms with Crippen LogP contribution in [0.15, 0.2) is 30.3 Å². The first-order valence-corrected chi connectivity index (χ1v) is 10.4. The maximum Gasteiger partial charge on any atom is 0.224 e. The zero-order valence-corrected chi connectivity index (χ0v) is 16.2. The number of hydrogen-bond donors (Lipinski definition) is 0. The van der Waals surface area contributed by atoms with Crippen molar-refractivity contribution < 1.29 is 13.2 Å². The zero-order valence-electron chi connectivity index (χ0n) is 15.4. The maximum atomic E-state index is 12.6. The number of nitrogens with zero attached hydrogens (tertiary/aromatic N) is 3. The molecule has 0 aromatic heterocycles. The Kier molecular flexibility index (Phi) is 6.98. The third-order valence-corrected chi connectivity index (χ3v) is 6.44. The third-order valence-electron chi connectivity index (χ3n) is 4.57. The van der Waals surface area contributed by atoms with E-state index in [2.05, 4.69) is 4.90 Å². The largest absolute Gasteiger partial charge is 0.336 e. The molecule has 25 heavy (non-hydrogen) atoms. The van der Waals surface area contributed by atoms with Crippen molar-refractivity contribution in [3.8, 4) is 0 Å². The summed E-state index contributed by atoms with van der Waals surface area (Å²) < 4.78 is 26.5. The summed E-state index contributed by atoms with van der Waals surface area (Å²) in [6.07, 6.45) is 0.0275. The lowest BCUT2D eigenvalue weighted by atomic mass is 10.2. The van der Waals surface area contributed by atoms with E-state index >= 15 is 0 Å². The Morgan fingerprint density at radius 1 is 1.12 bits per heavy atom. The van der Waals surface area contributed by atoms with Crippen LogP contribution >= 0.6 is 0 Å². The van der Waals surface area contributed by atoms with Crippen LogP contribution < -0.4 is 0 Å². The number of hydrogen-bond acceptors (Lipinski definition) is 4. The predicted octanol–water partition coefficient (Wildman–Crippen LogP) is 1.39. The van der Waals surface area contributed by atoms with E-state index in [1.807, 2.05) is 51.2 Å². The fourth-order valence-electron chi connectivity index (χ4n) is 2.89. The van der Waals surface area contributed by atoms with E-state index in [9.17, 15) is 13.2 Å². The number of benzene rings is 1. The average molecular weight is 368 g/mol. The second-order valence-electron chi connectivity index (χ2n) is 6.87. The van der Waals surface area contributed by atoms with Gasteiger partial charge in [0.05, 0.1) is 5.75 Å². The Labute approximate surface area is 151 Å². The van der Waals surface area contributed by atoms with Gasteiger partial charge in [0.1, 0.15) is 0 Å². The normalized spacial score (nSPS) is 17.0. The fourth-order valence-corrected chi connectivity index (χ4v) is 4.30. The molecule has 140 valence electrons. The Bertz CT molecular complexity index is 653. The lowest BCUT2D eigenvalue weighted by Gasteiger charge is -2.32. The van der Waals surface area contributed by atoms with Crippen LogP contribution in [0.1, 0.15) is 25.8 Å². The maximum absolute atomic E-state index is 12.6. The number of likely N-dealkylation sites (N-methyl/N-ethyl adjacent to an activating group) is 1. The molecule has 1 saturated heterocycles. The van der Waals surface area contributed by atoms with Crippen molar-refractivity contribution in [3.63, 3.8) is 0 Å². The highest BCUT2D eigenvalue weighted by molar-refractivity contribution is 7.89. The minimum Gasteiger partial charge on any atom is -0.336 e. The van der Waals surface area contributed by atoms with E-state index in [-0.39, 0.29) is 24.1 Å².